The SMILES string of the molecule is C=CCN(Cc1ccc(N2C=C(C(F)(F)F)OC2)cc1)C(=O)C=C. The lowest BCUT2D eigenvalue weighted by molar-refractivity contribution is -0.127. The first-order valence-corrected chi connectivity index (χ1v) is 7.14. The topological polar surface area (TPSA) is 32.8 Å². The fraction of sp³-hybridized carbons (Fsp3) is 0.235. The van der Waals surface area contributed by atoms with Gasteiger partial charge in [0, 0.05) is 18.8 Å². The average molecular weight is 338 g/mol. The minimum atomic E-state index is -4.50. The smallest absolute Gasteiger partial charge is 0.450 e. The Labute approximate surface area is 138 Å². The highest BCUT2D eigenvalue weighted by molar-refractivity contribution is 5.87. The van der Waals surface area contributed by atoms with E-state index in [4.69, 9.17) is 0 Å². The number of amides is 1. The summed E-state index contributed by atoms with van der Waals surface area (Å²) in [5.41, 5.74) is 1.42. The van der Waals surface area contributed by atoms with Crippen molar-refractivity contribution in [3.8, 4) is 0 Å². The highest BCUT2D eigenvalue weighted by Crippen LogP contribution is 2.32. The molecule has 1 aliphatic rings. The molecule has 1 aliphatic heterocycles. The van der Waals surface area contributed by atoms with Gasteiger partial charge in [-0.15, -0.1) is 6.58 Å². The lowest BCUT2D eigenvalue weighted by Gasteiger charge is -2.20. The van der Waals surface area contributed by atoms with Crippen LogP contribution in [-0.4, -0.2) is 30.3 Å². The molecular weight excluding hydrogens is 321 g/mol. The zero-order chi connectivity index (χ0) is 17.7. The highest BCUT2D eigenvalue weighted by atomic mass is 19.4. The molecular formula is C17H17F3N2O2. The molecule has 0 aromatic heterocycles. The van der Waals surface area contributed by atoms with Gasteiger partial charge in [-0.3, -0.25) is 4.79 Å². The Hall–Kier alpha value is -2.70. The molecule has 1 aromatic rings. The average Bonchev–Trinajstić information content (AvgIpc) is 3.04. The molecule has 0 saturated heterocycles. The van der Waals surface area contributed by atoms with E-state index in [1.807, 2.05) is 0 Å². The molecule has 0 N–H and O–H groups in total. The van der Waals surface area contributed by atoms with Crippen molar-refractivity contribution < 1.29 is 22.7 Å². The monoisotopic (exact) mass is 338 g/mol. The summed E-state index contributed by atoms with van der Waals surface area (Å²) in [6, 6.07) is 6.86. The molecule has 4 nitrogen and oxygen atoms in total. The van der Waals surface area contributed by atoms with Crippen LogP contribution in [0.5, 0.6) is 0 Å². The van der Waals surface area contributed by atoms with Gasteiger partial charge < -0.3 is 14.5 Å². The number of carbonyl (C=O) groups excluding carboxylic acids is 1. The van der Waals surface area contributed by atoms with Crippen LogP contribution in [0.1, 0.15) is 5.56 Å². The van der Waals surface area contributed by atoms with Crippen molar-refractivity contribution in [2.45, 2.75) is 12.7 Å². The maximum absolute atomic E-state index is 12.6. The summed E-state index contributed by atoms with van der Waals surface area (Å²) in [6.45, 7) is 7.61. The molecule has 0 spiro atoms. The van der Waals surface area contributed by atoms with E-state index in [1.54, 1.807) is 35.2 Å². The molecule has 0 bridgehead atoms. The molecule has 2 rings (SSSR count). The van der Waals surface area contributed by atoms with Crippen LogP contribution in [-0.2, 0) is 16.1 Å². The first-order chi connectivity index (χ1) is 11.3. The Kier molecular flexibility index (Phi) is 5.33. The number of allylic oxidation sites excluding steroid dienone is 1. The van der Waals surface area contributed by atoms with Crippen LogP contribution in [0.4, 0.5) is 18.9 Å². The Balaban J connectivity index is 2.08. The van der Waals surface area contributed by atoms with E-state index < -0.39 is 11.9 Å². The molecule has 24 heavy (non-hydrogen) atoms. The Morgan fingerprint density at radius 1 is 1.29 bits per heavy atom. The quantitative estimate of drug-likeness (QED) is 0.587. The van der Waals surface area contributed by atoms with Gasteiger partial charge >= 0.3 is 6.18 Å². The first-order valence-electron chi connectivity index (χ1n) is 7.14. The number of halogens is 3. The van der Waals surface area contributed by atoms with Crippen molar-refractivity contribution in [1.82, 2.24) is 4.90 Å². The lowest BCUT2D eigenvalue weighted by atomic mass is 10.2. The third-order valence-electron chi connectivity index (χ3n) is 3.39. The molecule has 0 aliphatic carbocycles. The number of hydrogen-bond acceptors (Lipinski definition) is 3. The van der Waals surface area contributed by atoms with Crippen molar-refractivity contribution in [2.24, 2.45) is 0 Å². The molecule has 128 valence electrons. The predicted octanol–water partition coefficient (Wildman–Crippen LogP) is 3.59. The maximum atomic E-state index is 12.6. The van der Waals surface area contributed by atoms with Crippen LogP contribution in [0.15, 0.2) is 61.5 Å². The highest BCUT2D eigenvalue weighted by Gasteiger charge is 2.39. The van der Waals surface area contributed by atoms with Crippen molar-refractivity contribution in [3.05, 3.63) is 67.1 Å². The van der Waals surface area contributed by atoms with E-state index >= 15 is 0 Å². The van der Waals surface area contributed by atoms with E-state index in [1.165, 1.54) is 11.0 Å². The molecule has 0 fully saturated rings. The largest absolute Gasteiger partial charge is 0.466 e. The van der Waals surface area contributed by atoms with Gasteiger partial charge in [-0.1, -0.05) is 24.8 Å². The minimum absolute atomic E-state index is 0.189. The summed E-state index contributed by atoms with van der Waals surface area (Å²) in [7, 11) is 0. The summed E-state index contributed by atoms with van der Waals surface area (Å²) in [6.07, 6.45) is -0.727. The minimum Gasteiger partial charge on any atom is -0.466 e. The maximum Gasteiger partial charge on any atom is 0.450 e. The Morgan fingerprint density at radius 3 is 2.46 bits per heavy atom. The number of carbonyl (C=O) groups is 1. The van der Waals surface area contributed by atoms with E-state index in [9.17, 15) is 18.0 Å². The van der Waals surface area contributed by atoms with Gasteiger partial charge in [0.15, 0.2) is 6.73 Å². The van der Waals surface area contributed by atoms with Crippen LogP contribution >= 0.6 is 0 Å². The summed E-state index contributed by atoms with van der Waals surface area (Å²) < 4.78 is 42.3. The second kappa shape index (κ2) is 7.25. The van der Waals surface area contributed by atoms with Crippen molar-refractivity contribution in [3.63, 3.8) is 0 Å². The van der Waals surface area contributed by atoms with Gasteiger partial charge in [-0.05, 0) is 23.8 Å². The van der Waals surface area contributed by atoms with E-state index in [2.05, 4.69) is 17.9 Å². The number of hydrogen-bond donors (Lipinski definition) is 0. The summed E-state index contributed by atoms with van der Waals surface area (Å²) in [5.74, 6) is -1.23. The fourth-order valence-corrected chi connectivity index (χ4v) is 2.19. The molecule has 7 heteroatoms. The van der Waals surface area contributed by atoms with Crippen LogP contribution in [0.2, 0.25) is 0 Å². The van der Waals surface area contributed by atoms with Crippen molar-refractivity contribution in [2.75, 3.05) is 18.2 Å². The van der Waals surface area contributed by atoms with Gasteiger partial charge in [0.05, 0.1) is 6.20 Å². The summed E-state index contributed by atoms with van der Waals surface area (Å²) in [4.78, 5) is 14.6. The molecule has 1 amide bonds. The van der Waals surface area contributed by atoms with Gasteiger partial charge in [0.1, 0.15) is 0 Å². The molecule has 0 atom stereocenters. The number of benzene rings is 1. The summed E-state index contributed by atoms with van der Waals surface area (Å²) >= 11 is 0. The number of ether oxygens (including phenoxy) is 1. The van der Waals surface area contributed by atoms with Crippen LogP contribution in [0.3, 0.4) is 0 Å². The third kappa shape index (κ3) is 4.18. The van der Waals surface area contributed by atoms with Gasteiger partial charge in [0.25, 0.3) is 0 Å². The number of nitrogens with zero attached hydrogens (tertiary/aromatic N) is 2. The Bertz CT molecular complexity index is 651. The zero-order valence-corrected chi connectivity index (χ0v) is 12.9. The van der Waals surface area contributed by atoms with Gasteiger partial charge in [-0.25, -0.2) is 0 Å². The van der Waals surface area contributed by atoms with Crippen LogP contribution < -0.4 is 4.90 Å². The van der Waals surface area contributed by atoms with E-state index in [-0.39, 0.29) is 12.6 Å². The van der Waals surface area contributed by atoms with Gasteiger partial charge in [-0.2, -0.15) is 13.2 Å². The molecule has 0 saturated carbocycles. The second-order valence-electron chi connectivity index (χ2n) is 5.11. The standard InChI is InChI=1S/C17H17F3N2O2/c1-3-9-21(16(23)4-2)10-13-5-7-14(8-6-13)22-11-15(24-12-22)17(18,19)20/h3-8,11H,1-2,9-10,12H2. The van der Waals surface area contributed by atoms with Crippen molar-refractivity contribution >= 4 is 11.6 Å². The van der Waals surface area contributed by atoms with Crippen LogP contribution in [0.25, 0.3) is 0 Å². The number of anilines is 1. The molecule has 0 radical (unpaired) electrons. The normalized spacial score (nSPS) is 14.0. The Morgan fingerprint density at radius 2 is 1.96 bits per heavy atom. The third-order valence-corrected chi connectivity index (χ3v) is 3.39. The lowest BCUT2D eigenvalue weighted by Crippen LogP contribution is -2.28. The van der Waals surface area contributed by atoms with Crippen molar-refractivity contribution in [1.29, 1.82) is 0 Å². The fourth-order valence-electron chi connectivity index (χ4n) is 2.19. The molecule has 1 aromatic carbocycles. The first kappa shape index (κ1) is 17.7. The van der Waals surface area contributed by atoms with Crippen LogP contribution in [0, 0.1) is 0 Å². The second-order valence-corrected chi connectivity index (χ2v) is 5.11. The summed E-state index contributed by atoms with van der Waals surface area (Å²) in [5, 5.41) is 0. The number of rotatable bonds is 6. The molecule has 0 unspecified atom stereocenters. The van der Waals surface area contributed by atoms with Gasteiger partial charge in [0.2, 0.25) is 11.7 Å². The zero-order valence-electron chi connectivity index (χ0n) is 12.9. The molecule has 1 heterocycles. The number of alkyl halides is 3. The van der Waals surface area contributed by atoms with E-state index in [0.717, 1.165) is 11.8 Å². The van der Waals surface area contributed by atoms with E-state index in [0.29, 0.717) is 18.8 Å². The predicted molar refractivity (Wildman–Crippen MR) is 84.8 cm³/mol.